The van der Waals surface area contributed by atoms with Gasteiger partial charge in [0.25, 0.3) is 0 Å². The van der Waals surface area contributed by atoms with Gasteiger partial charge in [-0.15, -0.1) is 0 Å². The first kappa shape index (κ1) is 17.8. The number of halogens is 1. The van der Waals surface area contributed by atoms with Crippen LogP contribution >= 0.6 is 11.6 Å². The molecule has 2 amide bonds. The van der Waals surface area contributed by atoms with E-state index in [1.165, 1.54) is 0 Å². The van der Waals surface area contributed by atoms with Gasteiger partial charge in [-0.3, -0.25) is 0 Å². The van der Waals surface area contributed by atoms with Gasteiger partial charge in [0.05, 0.1) is 7.11 Å². The van der Waals surface area contributed by atoms with Gasteiger partial charge in [0.1, 0.15) is 17.6 Å². The molecular formula is C19H19ClN4O2. The third-order valence-corrected chi connectivity index (χ3v) is 4.16. The minimum Gasteiger partial charge on any atom is -0.496 e. The molecule has 3 aromatic rings. The number of imidazole rings is 1. The number of carbonyl (C=O) groups excluding carboxylic acids is 1. The Labute approximate surface area is 156 Å². The zero-order chi connectivity index (χ0) is 18.5. The number of nitrogens with one attached hydrogen (secondary N) is 2. The Hall–Kier alpha value is -2.99. The number of rotatable bonds is 5. The van der Waals surface area contributed by atoms with Crippen LogP contribution in [0.2, 0.25) is 5.02 Å². The van der Waals surface area contributed by atoms with Crippen LogP contribution in [0.5, 0.6) is 5.75 Å². The van der Waals surface area contributed by atoms with Gasteiger partial charge in [-0.1, -0.05) is 35.9 Å². The highest BCUT2D eigenvalue weighted by molar-refractivity contribution is 6.30. The molecule has 1 heterocycles. The predicted molar refractivity (Wildman–Crippen MR) is 102 cm³/mol. The van der Waals surface area contributed by atoms with Gasteiger partial charge >= 0.3 is 6.03 Å². The molecule has 0 bridgehead atoms. The zero-order valence-corrected chi connectivity index (χ0v) is 15.2. The lowest BCUT2D eigenvalue weighted by Gasteiger charge is -2.21. The highest BCUT2D eigenvalue weighted by atomic mass is 35.5. The SMILES string of the molecule is COc1ccccc1C(NC(=O)Nc1cccc(Cl)c1)c1nccn1C. The number of hydrogen-bond donors (Lipinski definition) is 2. The van der Waals surface area contributed by atoms with Crippen LogP contribution in [0.25, 0.3) is 0 Å². The van der Waals surface area contributed by atoms with Crippen LogP contribution in [0.15, 0.2) is 60.9 Å². The second kappa shape index (κ2) is 7.93. The van der Waals surface area contributed by atoms with Gasteiger partial charge in [-0.25, -0.2) is 9.78 Å². The summed E-state index contributed by atoms with van der Waals surface area (Å²) in [6.07, 6.45) is 3.52. The second-order valence-corrected chi connectivity index (χ2v) is 6.12. The fraction of sp³-hybridized carbons (Fsp3) is 0.158. The number of aromatic nitrogens is 2. The van der Waals surface area contributed by atoms with E-state index in [-0.39, 0.29) is 6.03 Å². The standard InChI is InChI=1S/C19H19ClN4O2/c1-24-11-10-21-18(24)17(15-8-3-4-9-16(15)26-2)23-19(25)22-14-7-5-6-13(20)12-14/h3-12,17H,1-2H3,(H2,22,23,25). The van der Waals surface area contributed by atoms with E-state index in [4.69, 9.17) is 16.3 Å². The minimum atomic E-state index is -0.481. The zero-order valence-electron chi connectivity index (χ0n) is 14.4. The fourth-order valence-corrected chi connectivity index (χ4v) is 2.90. The molecule has 7 heteroatoms. The number of ether oxygens (including phenoxy) is 1. The first-order valence-corrected chi connectivity index (χ1v) is 8.39. The van der Waals surface area contributed by atoms with Gasteiger partial charge in [0.2, 0.25) is 0 Å². The average molecular weight is 371 g/mol. The topological polar surface area (TPSA) is 68.2 Å². The number of aryl methyl sites for hydroxylation is 1. The molecule has 26 heavy (non-hydrogen) atoms. The molecule has 0 saturated heterocycles. The van der Waals surface area contributed by atoms with Crippen molar-refractivity contribution in [3.05, 3.63) is 77.3 Å². The first-order valence-electron chi connectivity index (χ1n) is 8.01. The Bertz CT molecular complexity index is 910. The average Bonchev–Trinajstić information content (AvgIpc) is 3.05. The van der Waals surface area contributed by atoms with Crippen molar-refractivity contribution in [2.24, 2.45) is 7.05 Å². The Morgan fingerprint density at radius 3 is 2.73 bits per heavy atom. The summed E-state index contributed by atoms with van der Waals surface area (Å²) < 4.78 is 7.31. The predicted octanol–water partition coefficient (Wildman–Crippen LogP) is 3.99. The molecule has 0 radical (unpaired) electrons. The largest absolute Gasteiger partial charge is 0.496 e. The number of carbonyl (C=O) groups is 1. The Kier molecular flexibility index (Phi) is 5.43. The normalized spacial score (nSPS) is 11.7. The van der Waals surface area contributed by atoms with Crippen molar-refractivity contribution >= 4 is 23.3 Å². The van der Waals surface area contributed by atoms with Gasteiger partial charge in [-0.2, -0.15) is 0 Å². The molecule has 134 valence electrons. The summed E-state index contributed by atoms with van der Waals surface area (Å²) in [5.74, 6) is 1.36. The van der Waals surface area contributed by atoms with Crippen LogP contribution in [0, 0.1) is 0 Å². The Balaban J connectivity index is 1.89. The van der Waals surface area contributed by atoms with Crippen molar-refractivity contribution in [2.45, 2.75) is 6.04 Å². The van der Waals surface area contributed by atoms with E-state index in [0.29, 0.717) is 22.3 Å². The van der Waals surface area contributed by atoms with Crippen LogP contribution < -0.4 is 15.4 Å². The number of benzene rings is 2. The number of para-hydroxylation sites is 1. The number of nitrogens with zero attached hydrogens (tertiary/aromatic N) is 2. The van der Waals surface area contributed by atoms with E-state index < -0.39 is 6.04 Å². The molecule has 0 spiro atoms. The number of hydrogen-bond acceptors (Lipinski definition) is 3. The highest BCUT2D eigenvalue weighted by Gasteiger charge is 2.23. The molecule has 0 saturated carbocycles. The van der Waals surface area contributed by atoms with Crippen molar-refractivity contribution in [3.63, 3.8) is 0 Å². The van der Waals surface area contributed by atoms with Crippen LogP contribution in [-0.4, -0.2) is 22.7 Å². The smallest absolute Gasteiger partial charge is 0.320 e. The molecule has 0 aliphatic carbocycles. The molecule has 0 aliphatic rings. The molecule has 0 aliphatic heterocycles. The summed E-state index contributed by atoms with van der Waals surface area (Å²) >= 11 is 5.97. The molecule has 0 fully saturated rings. The van der Waals surface area contributed by atoms with Crippen molar-refractivity contribution in [1.82, 2.24) is 14.9 Å². The van der Waals surface area contributed by atoms with Crippen LogP contribution in [0.3, 0.4) is 0 Å². The maximum atomic E-state index is 12.6. The van der Waals surface area contributed by atoms with E-state index in [1.807, 2.05) is 42.1 Å². The fourth-order valence-electron chi connectivity index (χ4n) is 2.71. The molecular weight excluding hydrogens is 352 g/mol. The van der Waals surface area contributed by atoms with Gasteiger partial charge in [0.15, 0.2) is 0 Å². The van der Waals surface area contributed by atoms with E-state index >= 15 is 0 Å². The van der Waals surface area contributed by atoms with Crippen LogP contribution in [0.1, 0.15) is 17.4 Å². The lowest BCUT2D eigenvalue weighted by molar-refractivity contribution is 0.249. The summed E-state index contributed by atoms with van der Waals surface area (Å²) in [6.45, 7) is 0. The lowest BCUT2D eigenvalue weighted by atomic mass is 10.0. The minimum absolute atomic E-state index is 0.369. The third kappa shape index (κ3) is 3.97. The second-order valence-electron chi connectivity index (χ2n) is 5.68. The lowest BCUT2D eigenvalue weighted by Crippen LogP contribution is -2.34. The van der Waals surface area contributed by atoms with Gasteiger partial charge in [0, 0.05) is 35.7 Å². The Morgan fingerprint density at radius 1 is 1.23 bits per heavy atom. The van der Waals surface area contributed by atoms with E-state index in [0.717, 1.165) is 5.56 Å². The van der Waals surface area contributed by atoms with E-state index in [9.17, 15) is 4.79 Å². The number of methoxy groups -OCH3 is 1. The summed E-state index contributed by atoms with van der Waals surface area (Å²) in [4.78, 5) is 17.0. The molecule has 2 aromatic carbocycles. The van der Waals surface area contributed by atoms with Crippen LogP contribution in [-0.2, 0) is 7.05 Å². The summed E-state index contributed by atoms with van der Waals surface area (Å²) in [5, 5.41) is 6.30. The molecule has 2 N–H and O–H groups in total. The van der Waals surface area contributed by atoms with Gasteiger partial charge in [-0.05, 0) is 24.3 Å². The quantitative estimate of drug-likeness (QED) is 0.713. The van der Waals surface area contributed by atoms with Gasteiger partial charge < -0.3 is 19.9 Å². The van der Waals surface area contributed by atoms with E-state index in [1.54, 1.807) is 37.6 Å². The summed E-state index contributed by atoms with van der Waals surface area (Å²) in [6, 6.07) is 13.6. The van der Waals surface area contributed by atoms with Crippen molar-refractivity contribution in [3.8, 4) is 5.75 Å². The molecule has 3 rings (SSSR count). The summed E-state index contributed by atoms with van der Waals surface area (Å²) in [5.41, 5.74) is 1.42. The molecule has 1 unspecified atom stereocenters. The molecule has 1 aromatic heterocycles. The van der Waals surface area contributed by atoms with Crippen molar-refractivity contribution in [2.75, 3.05) is 12.4 Å². The highest BCUT2D eigenvalue weighted by Crippen LogP contribution is 2.29. The number of amides is 2. The first-order chi connectivity index (χ1) is 12.6. The Morgan fingerprint density at radius 2 is 2.04 bits per heavy atom. The summed E-state index contributed by atoms with van der Waals surface area (Å²) in [7, 11) is 3.47. The van der Waals surface area contributed by atoms with E-state index in [2.05, 4.69) is 15.6 Å². The number of urea groups is 1. The molecule has 6 nitrogen and oxygen atoms in total. The maximum Gasteiger partial charge on any atom is 0.320 e. The van der Waals surface area contributed by atoms with Crippen molar-refractivity contribution in [1.29, 1.82) is 0 Å². The maximum absolute atomic E-state index is 12.6. The number of anilines is 1. The monoisotopic (exact) mass is 370 g/mol. The van der Waals surface area contributed by atoms with Crippen molar-refractivity contribution < 1.29 is 9.53 Å². The third-order valence-electron chi connectivity index (χ3n) is 3.92. The molecule has 1 atom stereocenters. The van der Waals surface area contributed by atoms with Crippen LogP contribution in [0.4, 0.5) is 10.5 Å².